The van der Waals surface area contributed by atoms with Crippen molar-refractivity contribution in [2.24, 2.45) is 0 Å². The zero-order valence-corrected chi connectivity index (χ0v) is 19.5. The third-order valence-electron chi connectivity index (χ3n) is 5.72. The van der Waals surface area contributed by atoms with Gasteiger partial charge in [0.05, 0.1) is 19.2 Å². The molecule has 0 bridgehead atoms. The van der Waals surface area contributed by atoms with E-state index in [2.05, 4.69) is 46.4 Å². The molecule has 1 saturated heterocycles. The van der Waals surface area contributed by atoms with Gasteiger partial charge < -0.3 is 15.0 Å². The van der Waals surface area contributed by atoms with Crippen molar-refractivity contribution in [2.75, 3.05) is 40.3 Å². The number of nitrogens with zero attached hydrogens (tertiary/aromatic N) is 3. The second-order valence-corrected chi connectivity index (χ2v) is 9.08. The average Bonchev–Trinajstić information content (AvgIpc) is 3.28. The van der Waals surface area contributed by atoms with Crippen LogP contribution in [0.1, 0.15) is 16.8 Å². The fraction of sp³-hybridized carbons (Fsp3) is 0.360. The van der Waals surface area contributed by atoms with E-state index in [0.29, 0.717) is 6.54 Å². The van der Waals surface area contributed by atoms with Crippen molar-refractivity contribution >= 4 is 17.2 Å². The molecule has 7 heteroatoms. The number of carbonyl (C=O) groups is 1. The number of rotatable bonds is 8. The van der Waals surface area contributed by atoms with Crippen LogP contribution < -0.4 is 10.1 Å². The summed E-state index contributed by atoms with van der Waals surface area (Å²) in [6, 6.07) is 16.3. The summed E-state index contributed by atoms with van der Waals surface area (Å²) in [6.45, 7) is 5.91. The zero-order chi connectivity index (χ0) is 22.3. The predicted octanol–water partition coefficient (Wildman–Crippen LogP) is 3.43. The van der Waals surface area contributed by atoms with Crippen LogP contribution in [0, 0.1) is 0 Å². The van der Waals surface area contributed by atoms with Crippen LogP contribution in [-0.2, 0) is 24.3 Å². The fourth-order valence-electron chi connectivity index (χ4n) is 3.76. The first-order valence-electron chi connectivity index (χ1n) is 10.9. The Hall–Kier alpha value is -2.74. The lowest BCUT2D eigenvalue weighted by Gasteiger charge is -2.32. The SMILES string of the molecule is COc1ccc(CNC(=O)Cc2csc(-c3cccc(CN4CCN(C)CC4)c3)n2)cc1. The number of hydrogen-bond donors (Lipinski definition) is 1. The molecule has 0 radical (unpaired) electrons. The number of piperazine rings is 1. The smallest absolute Gasteiger partial charge is 0.226 e. The highest BCUT2D eigenvalue weighted by atomic mass is 32.1. The quantitative estimate of drug-likeness (QED) is 0.570. The number of carbonyl (C=O) groups excluding carboxylic acids is 1. The number of thiazole rings is 1. The zero-order valence-electron chi connectivity index (χ0n) is 18.7. The summed E-state index contributed by atoms with van der Waals surface area (Å²) in [5.74, 6) is 0.782. The van der Waals surface area contributed by atoms with Crippen molar-refractivity contribution in [3.05, 3.63) is 70.7 Å². The number of methoxy groups -OCH3 is 1. The Morgan fingerprint density at radius 1 is 1.09 bits per heavy atom. The van der Waals surface area contributed by atoms with E-state index in [0.717, 1.165) is 60.3 Å². The second kappa shape index (κ2) is 10.7. The maximum Gasteiger partial charge on any atom is 0.226 e. The van der Waals surface area contributed by atoms with Gasteiger partial charge in [-0.05, 0) is 36.4 Å². The first-order valence-corrected chi connectivity index (χ1v) is 11.8. The summed E-state index contributed by atoms with van der Waals surface area (Å²) in [5.41, 5.74) is 4.27. The van der Waals surface area contributed by atoms with Crippen molar-refractivity contribution in [3.63, 3.8) is 0 Å². The standard InChI is InChI=1S/C25H30N4O2S/c1-28-10-12-29(13-11-28)17-20-4-3-5-21(14-20)25-27-22(18-32-25)15-24(30)26-16-19-6-8-23(31-2)9-7-19/h3-9,14,18H,10-13,15-17H2,1-2H3,(H,26,30). The molecule has 168 valence electrons. The Kier molecular flexibility index (Phi) is 7.52. The highest BCUT2D eigenvalue weighted by Gasteiger charge is 2.15. The van der Waals surface area contributed by atoms with Crippen molar-refractivity contribution in [2.45, 2.75) is 19.5 Å². The number of amides is 1. The minimum atomic E-state index is -0.0264. The number of ether oxygens (including phenoxy) is 1. The van der Waals surface area contributed by atoms with Gasteiger partial charge in [-0.15, -0.1) is 11.3 Å². The van der Waals surface area contributed by atoms with Gasteiger partial charge in [0.2, 0.25) is 5.91 Å². The molecule has 1 amide bonds. The number of aromatic nitrogens is 1. The highest BCUT2D eigenvalue weighted by Crippen LogP contribution is 2.25. The van der Waals surface area contributed by atoms with Gasteiger partial charge in [0.15, 0.2) is 0 Å². The molecule has 1 aliphatic heterocycles. The number of hydrogen-bond acceptors (Lipinski definition) is 6. The number of benzene rings is 2. The average molecular weight is 451 g/mol. The molecule has 1 fully saturated rings. The minimum absolute atomic E-state index is 0.0264. The molecular formula is C25H30N4O2S. The van der Waals surface area contributed by atoms with Crippen molar-refractivity contribution in [3.8, 4) is 16.3 Å². The Morgan fingerprint density at radius 3 is 2.62 bits per heavy atom. The van der Waals surface area contributed by atoms with Crippen LogP contribution in [0.3, 0.4) is 0 Å². The van der Waals surface area contributed by atoms with Gasteiger partial charge in [-0.2, -0.15) is 0 Å². The topological polar surface area (TPSA) is 57.7 Å². The van der Waals surface area contributed by atoms with E-state index in [9.17, 15) is 4.79 Å². The van der Waals surface area contributed by atoms with Crippen LogP contribution in [0.25, 0.3) is 10.6 Å². The molecule has 2 heterocycles. The van der Waals surface area contributed by atoms with Crippen molar-refractivity contribution < 1.29 is 9.53 Å². The van der Waals surface area contributed by atoms with Gasteiger partial charge in [-0.3, -0.25) is 9.69 Å². The molecule has 0 atom stereocenters. The van der Waals surface area contributed by atoms with E-state index in [1.807, 2.05) is 29.6 Å². The van der Waals surface area contributed by atoms with E-state index >= 15 is 0 Å². The number of nitrogens with one attached hydrogen (secondary N) is 1. The largest absolute Gasteiger partial charge is 0.497 e. The summed E-state index contributed by atoms with van der Waals surface area (Å²) in [6.07, 6.45) is 0.285. The summed E-state index contributed by atoms with van der Waals surface area (Å²) in [7, 11) is 3.82. The molecule has 1 aliphatic rings. The molecule has 0 spiro atoms. The summed E-state index contributed by atoms with van der Waals surface area (Å²) < 4.78 is 5.16. The van der Waals surface area contributed by atoms with Gasteiger partial charge in [0.25, 0.3) is 0 Å². The molecule has 6 nitrogen and oxygen atoms in total. The number of likely N-dealkylation sites (N-methyl/N-ethyl adjacent to an activating group) is 1. The molecule has 1 N–H and O–H groups in total. The Balaban J connectivity index is 1.31. The lowest BCUT2D eigenvalue weighted by atomic mass is 10.1. The Morgan fingerprint density at radius 2 is 1.88 bits per heavy atom. The van der Waals surface area contributed by atoms with Gasteiger partial charge >= 0.3 is 0 Å². The third-order valence-corrected chi connectivity index (χ3v) is 6.66. The molecule has 3 aromatic rings. The summed E-state index contributed by atoms with van der Waals surface area (Å²) in [5, 5.41) is 5.91. The van der Waals surface area contributed by atoms with Gasteiger partial charge in [-0.25, -0.2) is 4.98 Å². The molecule has 4 rings (SSSR count). The molecule has 0 unspecified atom stereocenters. The van der Waals surface area contributed by atoms with E-state index < -0.39 is 0 Å². The highest BCUT2D eigenvalue weighted by molar-refractivity contribution is 7.13. The Labute approximate surface area is 193 Å². The van der Waals surface area contributed by atoms with E-state index in [4.69, 9.17) is 9.72 Å². The molecule has 2 aromatic carbocycles. The second-order valence-electron chi connectivity index (χ2n) is 8.23. The van der Waals surface area contributed by atoms with Crippen LogP contribution >= 0.6 is 11.3 Å². The van der Waals surface area contributed by atoms with E-state index in [1.165, 1.54) is 5.56 Å². The summed E-state index contributed by atoms with van der Waals surface area (Å²) >= 11 is 1.59. The lowest BCUT2D eigenvalue weighted by Crippen LogP contribution is -2.43. The lowest BCUT2D eigenvalue weighted by molar-refractivity contribution is -0.120. The van der Waals surface area contributed by atoms with Crippen LogP contribution in [0.4, 0.5) is 0 Å². The normalized spacial score (nSPS) is 14.9. The Bertz CT molecular complexity index is 1030. The van der Waals surface area contributed by atoms with Gasteiger partial charge in [-0.1, -0.05) is 30.3 Å². The van der Waals surface area contributed by atoms with E-state index in [-0.39, 0.29) is 12.3 Å². The maximum absolute atomic E-state index is 12.4. The minimum Gasteiger partial charge on any atom is -0.497 e. The first kappa shape index (κ1) is 22.5. The van der Waals surface area contributed by atoms with Crippen LogP contribution in [0.15, 0.2) is 53.9 Å². The molecule has 1 aromatic heterocycles. The molecule has 0 aliphatic carbocycles. The summed E-state index contributed by atoms with van der Waals surface area (Å²) in [4.78, 5) is 22.0. The van der Waals surface area contributed by atoms with Crippen LogP contribution in [0.2, 0.25) is 0 Å². The van der Waals surface area contributed by atoms with Crippen molar-refractivity contribution in [1.82, 2.24) is 20.1 Å². The monoisotopic (exact) mass is 450 g/mol. The van der Waals surface area contributed by atoms with Gasteiger partial charge in [0, 0.05) is 50.2 Å². The fourth-order valence-corrected chi connectivity index (χ4v) is 4.58. The third kappa shape index (κ3) is 6.16. The maximum atomic E-state index is 12.4. The van der Waals surface area contributed by atoms with Crippen molar-refractivity contribution in [1.29, 1.82) is 0 Å². The predicted molar refractivity (Wildman–Crippen MR) is 129 cm³/mol. The van der Waals surface area contributed by atoms with Crippen LogP contribution in [0.5, 0.6) is 5.75 Å². The molecule has 0 saturated carbocycles. The van der Waals surface area contributed by atoms with Gasteiger partial charge in [0.1, 0.15) is 10.8 Å². The molecule has 32 heavy (non-hydrogen) atoms. The first-order chi connectivity index (χ1) is 15.6. The molecular weight excluding hydrogens is 420 g/mol. The van der Waals surface area contributed by atoms with E-state index in [1.54, 1.807) is 18.4 Å². The van der Waals surface area contributed by atoms with Crippen LogP contribution in [-0.4, -0.2) is 61.0 Å².